The van der Waals surface area contributed by atoms with Gasteiger partial charge < -0.3 is 5.32 Å². The van der Waals surface area contributed by atoms with Gasteiger partial charge in [-0.25, -0.2) is 17.5 Å². The number of aryl methyl sites for hydroxylation is 2. The number of carbonyl (C=O) groups is 1. The fraction of sp³-hybridized carbons (Fsp3) is 0.0909. The summed E-state index contributed by atoms with van der Waals surface area (Å²) in [6.07, 6.45) is 1.48. The number of carbonyl (C=O) groups excluding carboxylic acids is 1. The fourth-order valence-corrected chi connectivity index (χ4v) is 4.57. The summed E-state index contributed by atoms with van der Waals surface area (Å²) in [6, 6.07) is 14.7. The van der Waals surface area contributed by atoms with Gasteiger partial charge in [0.1, 0.15) is 12.1 Å². The first kappa shape index (κ1) is 22.1. The van der Waals surface area contributed by atoms with E-state index in [0.29, 0.717) is 16.8 Å². The van der Waals surface area contributed by atoms with Gasteiger partial charge in [-0.2, -0.15) is 0 Å². The molecule has 0 aliphatic heterocycles. The van der Waals surface area contributed by atoms with Gasteiger partial charge in [0.2, 0.25) is 0 Å². The first-order valence-corrected chi connectivity index (χ1v) is 11.3. The topological polar surface area (TPSA) is 119 Å². The summed E-state index contributed by atoms with van der Waals surface area (Å²) in [7, 11) is -3.90. The van der Waals surface area contributed by atoms with E-state index < -0.39 is 15.8 Å². The standard InChI is InChI=1S/C22H19FN6O3S/c1-14-12-19(8-9-20(14)29-13-24-27-28-29)25-22(30)16-3-6-18(7-4-16)26-33(31,32)21-10-5-17(23)11-15(21)2/h3-13,26H,1-2H3,(H,25,30). The Hall–Kier alpha value is -4.12. The molecule has 3 aromatic carbocycles. The SMILES string of the molecule is Cc1cc(NC(=O)c2ccc(NS(=O)(=O)c3ccc(F)cc3C)cc2)ccc1-n1cnnn1. The van der Waals surface area contributed by atoms with Gasteiger partial charge in [0, 0.05) is 16.9 Å². The predicted octanol–water partition coefficient (Wildman–Crippen LogP) is 3.47. The van der Waals surface area contributed by atoms with E-state index in [1.54, 1.807) is 18.2 Å². The Morgan fingerprint density at radius 2 is 1.67 bits per heavy atom. The summed E-state index contributed by atoms with van der Waals surface area (Å²) < 4.78 is 42.5. The Bertz CT molecular complexity index is 1420. The largest absolute Gasteiger partial charge is 0.322 e. The molecule has 0 saturated heterocycles. The first-order chi connectivity index (χ1) is 15.7. The zero-order valence-electron chi connectivity index (χ0n) is 17.7. The van der Waals surface area contributed by atoms with Gasteiger partial charge in [-0.3, -0.25) is 9.52 Å². The summed E-state index contributed by atoms with van der Waals surface area (Å²) in [6.45, 7) is 3.39. The third-order valence-corrected chi connectivity index (χ3v) is 6.42. The number of rotatable bonds is 6. The number of benzene rings is 3. The first-order valence-electron chi connectivity index (χ1n) is 9.77. The van der Waals surface area contributed by atoms with Crippen molar-refractivity contribution >= 4 is 27.3 Å². The molecule has 0 bridgehead atoms. The number of aromatic nitrogens is 4. The molecule has 11 heteroatoms. The molecule has 0 fully saturated rings. The van der Waals surface area contributed by atoms with Crippen molar-refractivity contribution in [1.82, 2.24) is 20.2 Å². The van der Waals surface area contributed by atoms with Crippen molar-refractivity contribution in [1.29, 1.82) is 0 Å². The van der Waals surface area contributed by atoms with Crippen LogP contribution in [0, 0.1) is 19.7 Å². The van der Waals surface area contributed by atoms with Gasteiger partial charge in [-0.1, -0.05) is 0 Å². The molecule has 1 heterocycles. The maximum absolute atomic E-state index is 13.3. The minimum Gasteiger partial charge on any atom is -0.322 e. The Labute approximate surface area is 189 Å². The molecule has 0 aliphatic rings. The molecule has 1 amide bonds. The second kappa shape index (κ2) is 8.79. The molecule has 0 aliphatic carbocycles. The van der Waals surface area contributed by atoms with Crippen LogP contribution in [0.4, 0.5) is 15.8 Å². The van der Waals surface area contributed by atoms with Crippen molar-refractivity contribution < 1.29 is 17.6 Å². The number of hydrogen-bond donors (Lipinski definition) is 2. The smallest absolute Gasteiger partial charge is 0.262 e. The number of nitrogens with zero attached hydrogens (tertiary/aromatic N) is 4. The van der Waals surface area contributed by atoms with E-state index >= 15 is 0 Å². The highest BCUT2D eigenvalue weighted by Crippen LogP contribution is 2.22. The number of amides is 1. The van der Waals surface area contributed by atoms with Crippen LogP contribution in [0.15, 0.2) is 71.9 Å². The number of tetrazole rings is 1. The number of anilines is 2. The molecule has 4 rings (SSSR count). The van der Waals surface area contributed by atoms with Gasteiger partial charge in [-0.05, 0) is 96.1 Å². The van der Waals surface area contributed by atoms with Gasteiger partial charge in [0.15, 0.2) is 0 Å². The van der Waals surface area contributed by atoms with E-state index in [9.17, 15) is 17.6 Å². The average molecular weight is 466 g/mol. The normalized spacial score (nSPS) is 11.2. The summed E-state index contributed by atoms with van der Waals surface area (Å²) >= 11 is 0. The van der Waals surface area contributed by atoms with Crippen LogP contribution in [0.2, 0.25) is 0 Å². The van der Waals surface area contributed by atoms with E-state index in [-0.39, 0.29) is 16.5 Å². The molecule has 0 spiro atoms. The molecule has 2 N–H and O–H groups in total. The van der Waals surface area contributed by atoms with E-state index in [0.717, 1.165) is 23.4 Å². The van der Waals surface area contributed by atoms with Crippen LogP contribution in [0.25, 0.3) is 5.69 Å². The van der Waals surface area contributed by atoms with Gasteiger partial charge >= 0.3 is 0 Å². The summed E-state index contributed by atoms with van der Waals surface area (Å²) in [5, 5.41) is 13.9. The highest BCUT2D eigenvalue weighted by molar-refractivity contribution is 7.92. The van der Waals surface area contributed by atoms with Crippen molar-refractivity contribution in [3.05, 3.63) is 89.5 Å². The van der Waals surface area contributed by atoms with Crippen molar-refractivity contribution in [2.45, 2.75) is 18.7 Å². The van der Waals surface area contributed by atoms with Crippen molar-refractivity contribution in [2.75, 3.05) is 10.0 Å². The number of sulfonamides is 1. The second-order valence-electron chi connectivity index (χ2n) is 7.30. The molecule has 33 heavy (non-hydrogen) atoms. The Morgan fingerprint density at radius 1 is 0.939 bits per heavy atom. The molecule has 1 aromatic heterocycles. The number of hydrogen-bond acceptors (Lipinski definition) is 6. The van der Waals surface area contributed by atoms with E-state index in [1.165, 1.54) is 48.3 Å². The molecule has 9 nitrogen and oxygen atoms in total. The molecular weight excluding hydrogens is 447 g/mol. The highest BCUT2D eigenvalue weighted by atomic mass is 32.2. The van der Waals surface area contributed by atoms with Gasteiger partial charge in [0.05, 0.1) is 10.6 Å². The van der Waals surface area contributed by atoms with Crippen molar-refractivity contribution in [2.24, 2.45) is 0 Å². The van der Waals surface area contributed by atoms with Crippen LogP contribution in [-0.2, 0) is 10.0 Å². The third-order valence-electron chi connectivity index (χ3n) is 4.88. The van der Waals surface area contributed by atoms with Gasteiger partial charge in [0.25, 0.3) is 15.9 Å². The lowest BCUT2D eigenvalue weighted by atomic mass is 10.1. The van der Waals surface area contributed by atoms with E-state index in [1.807, 2.05) is 6.92 Å². The number of nitrogens with one attached hydrogen (secondary N) is 2. The zero-order valence-corrected chi connectivity index (χ0v) is 18.5. The van der Waals surface area contributed by atoms with Gasteiger partial charge in [-0.15, -0.1) is 5.10 Å². The molecular formula is C22H19FN6O3S. The monoisotopic (exact) mass is 466 g/mol. The minimum atomic E-state index is -3.90. The minimum absolute atomic E-state index is 0.0220. The van der Waals surface area contributed by atoms with Crippen LogP contribution < -0.4 is 10.0 Å². The number of halogens is 1. The summed E-state index contributed by atoms with van der Waals surface area (Å²) in [5.41, 5.74) is 3.15. The van der Waals surface area contributed by atoms with Crippen LogP contribution in [0.1, 0.15) is 21.5 Å². The highest BCUT2D eigenvalue weighted by Gasteiger charge is 2.18. The van der Waals surface area contributed by atoms with Crippen LogP contribution >= 0.6 is 0 Å². The molecule has 0 saturated carbocycles. The molecule has 0 atom stereocenters. The predicted molar refractivity (Wildman–Crippen MR) is 120 cm³/mol. The van der Waals surface area contributed by atoms with Crippen molar-refractivity contribution in [3.8, 4) is 5.69 Å². The van der Waals surface area contributed by atoms with Crippen LogP contribution in [0.5, 0.6) is 0 Å². The van der Waals surface area contributed by atoms with Crippen LogP contribution in [-0.4, -0.2) is 34.5 Å². The lowest BCUT2D eigenvalue weighted by molar-refractivity contribution is 0.102. The quantitative estimate of drug-likeness (QED) is 0.449. The molecule has 168 valence electrons. The maximum atomic E-state index is 13.3. The summed E-state index contributed by atoms with van der Waals surface area (Å²) in [5.74, 6) is -0.865. The van der Waals surface area contributed by atoms with Crippen LogP contribution in [0.3, 0.4) is 0 Å². The summed E-state index contributed by atoms with van der Waals surface area (Å²) in [4.78, 5) is 12.6. The maximum Gasteiger partial charge on any atom is 0.262 e. The lowest BCUT2D eigenvalue weighted by Gasteiger charge is -2.12. The molecule has 0 radical (unpaired) electrons. The zero-order chi connectivity index (χ0) is 23.6. The fourth-order valence-electron chi connectivity index (χ4n) is 3.28. The Balaban J connectivity index is 1.46. The average Bonchev–Trinajstić information content (AvgIpc) is 3.28. The van der Waals surface area contributed by atoms with E-state index in [2.05, 4.69) is 25.6 Å². The Kier molecular flexibility index (Phi) is 5.88. The molecule has 4 aromatic rings. The van der Waals surface area contributed by atoms with E-state index in [4.69, 9.17) is 0 Å². The van der Waals surface area contributed by atoms with Crippen molar-refractivity contribution in [3.63, 3.8) is 0 Å². The molecule has 0 unspecified atom stereocenters. The Morgan fingerprint density at radius 3 is 2.30 bits per heavy atom. The second-order valence-corrected chi connectivity index (χ2v) is 8.95. The lowest BCUT2D eigenvalue weighted by Crippen LogP contribution is -2.15. The third kappa shape index (κ3) is 4.88.